The zero-order valence-electron chi connectivity index (χ0n) is 10.7. The molecule has 0 aromatic carbocycles. The molecule has 0 aromatic heterocycles. The second-order valence-electron chi connectivity index (χ2n) is 4.31. The molecule has 1 aliphatic heterocycles. The average molecular weight is 274 g/mol. The molecule has 1 saturated heterocycles. The third-order valence-electron chi connectivity index (χ3n) is 3.02. The van der Waals surface area contributed by atoms with Gasteiger partial charge in [0.1, 0.15) is 6.04 Å². The van der Waals surface area contributed by atoms with Gasteiger partial charge in [-0.25, -0.2) is 9.59 Å². The minimum absolute atomic E-state index is 0.0602. The van der Waals surface area contributed by atoms with Crippen LogP contribution in [0.1, 0.15) is 12.8 Å². The molecule has 0 aliphatic carbocycles. The van der Waals surface area contributed by atoms with Crippen molar-refractivity contribution in [3.05, 3.63) is 0 Å². The van der Waals surface area contributed by atoms with E-state index in [4.69, 9.17) is 10.2 Å². The number of carbonyl (C=O) groups is 3. The number of methoxy groups -OCH3 is 1. The minimum atomic E-state index is -1.20. The number of amides is 2. The van der Waals surface area contributed by atoms with Crippen molar-refractivity contribution in [3.8, 4) is 0 Å². The van der Waals surface area contributed by atoms with Crippen LogP contribution in [0.4, 0.5) is 4.79 Å². The van der Waals surface area contributed by atoms with Crippen molar-refractivity contribution in [2.75, 3.05) is 26.8 Å². The third-order valence-corrected chi connectivity index (χ3v) is 3.02. The average Bonchev–Trinajstić information content (AvgIpc) is 2.86. The van der Waals surface area contributed by atoms with Gasteiger partial charge in [-0.3, -0.25) is 4.79 Å². The van der Waals surface area contributed by atoms with E-state index in [-0.39, 0.29) is 31.5 Å². The monoisotopic (exact) mass is 274 g/mol. The highest BCUT2D eigenvalue weighted by Gasteiger charge is 2.33. The van der Waals surface area contributed by atoms with E-state index in [2.05, 4.69) is 10.1 Å². The quantitative estimate of drug-likeness (QED) is 0.555. The van der Waals surface area contributed by atoms with Crippen LogP contribution in [0.25, 0.3) is 0 Å². The Morgan fingerprint density at radius 3 is 2.68 bits per heavy atom. The lowest BCUT2D eigenvalue weighted by atomic mass is 10.1. The first-order valence-corrected chi connectivity index (χ1v) is 5.96. The molecule has 0 spiro atoms. The van der Waals surface area contributed by atoms with Crippen molar-refractivity contribution in [1.29, 1.82) is 0 Å². The smallest absolute Gasteiger partial charge is 0.326 e. The summed E-state index contributed by atoms with van der Waals surface area (Å²) in [4.78, 5) is 35.3. The summed E-state index contributed by atoms with van der Waals surface area (Å²) in [6, 6.07) is -1.68. The van der Waals surface area contributed by atoms with Gasteiger partial charge in [-0.2, -0.15) is 0 Å². The number of aliphatic carboxylic acids is 1. The number of carbonyl (C=O) groups excluding carboxylic acids is 2. The summed E-state index contributed by atoms with van der Waals surface area (Å²) in [6.07, 6.45) is 0.438. The number of aliphatic hydroxyl groups excluding tert-OH is 1. The number of nitrogens with one attached hydrogen (secondary N) is 1. The number of esters is 1. The molecule has 0 saturated carbocycles. The molecule has 1 heterocycles. The van der Waals surface area contributed by atoms with Gasteiger partial charge in [0.05, 0.1) is 13.0 Å². The molecule has 3 N–H and O–H groups in total. The van der Waals surface area contributed by atoms with E-state index < -0.39 is 18.0 Å². The molecule has 0 bridgehead atoms. The van der Waals surface area contributed by atoms with Crippen LogP contribution < -0.4 is 5.32 Å². The lowest BCUT2D eigenvalue weighted by Crippen LogP contribution is -2.47. The Morgan fingerprint density at radius 1 is 1.47 bits per heavy atom. The van der Waals surface area contributed by atoms with Crippen LogP contribution >= 0.6 is 0 Å². The Kier molecular flexibility index (Phi) is 5.56. The SMILES string of the molecule is COC(=O)C1CCN(C(=O)N[C@H](CCO)C(=O)O)C1. The first-order valence-electron chi connectivity index (χ1n) is 5.96. The van der Waals surface area contributed by atoms with Gasteiger partial charge in [0, 0.05) is 26.1 Å². The predicted octanol–water partition coefficient (Wildman–Crippen LogP) is -0.973. The molecular formula is C11H18N2O6. The second kappa shape index (κ2) is 6.93. The van der Waals surface area contributed by atoms with Gasteiger partial charge in [0.25, 0.3) is 0 Å². The van der Waals surface area contributed by atoms with Crippen LogP contribution in [0.2, 0.25) is 0 Å². The van der Waals surface area contributed by atoms with Gasteiger partial charge in [0.15, 0.2) is 0 Å². The Morgan fingerprint density at radius 2 is 2.16 bits per heavy atom. The zero-order chi connectivity index (χ0) is 14.4. The molecule has 8 heteroatoms. The van der Waals surface area contributed by atoms with Crippen molar-refractivity contribution < 1.29 is 29.3 Å². The van der Waals surface area contributed by atoms with Gasteiger partial charge in [0.2, 0.25) is 0 Å². The van der Waals surface area contributed by atoms with Gasteiger partial charge in [-0.1, -0.05) is 0 Å². The van der Waals surface area contributed by atoms with E-state index in [1.165, 1.54) is 12.0 Å². The largest absolute Gasteiger partial charge is 0.480 e. The maximum absolute atomic E-state index is 11.8. The number of carboxylic acids is 1. The van der Waals surface area contributed by atoms with Crippen LogP contribution in [-0.4, -0.2) is 65.9 Å². The van der Waals surface area contributed by atoms with E-state index in [9.17, 15) is 14.4 Å². The third kappa shape index (κ3) is 4.09. The van der Waals surface area contributed by atoms with E-state index in [0.717, 1.165) is 0 Å². The molecule has 0 radical (unpaired) electrons. The molecule has 0 aromatic rings. The highest BCUT2D eigenvalue weighted by atomic mass is 16.5. The number of hydrogen-bond acceptors (Lipinski definition) is 5. The van der Waals surface area contributed by atoms with Crippen molar-refractivity contribution in [1.82, 2.24) is 10.2 Å². The van der Waals surface area contributed by atoms with Gasteiger partial charge >= 0.3 is 18.0 Å². The Bertz CT molecular complexity index is 359. The van der Waals surface area contributed by atoms with Crippen LogP contribution in [-0.2, 0) is 14.3 Å². The Balaban J connectivity index is 2.50. The second-order valence-corrected chi connectivity index (χ2v) is 4.31. The van der Waals surface area contributed by atoms with E-state index in [0.29, 0.717) is 13.0 Å². The fourth-order valence-corrected chi connectivity index (χ4v) is 1.93. The summed E-state index contributed by atoms with van der Waals surface area (Å²) < 4.78 is 4.60. The van der Waals surface area contributed by atoms with Crippen LogP contribution in [0.15, 0.2) is 0 Å². The number of carboxylic acid groups (broad SMARTS) is 1. The zero-order valence-corrected chi connectivity index (χ0v) is 10.7. The lowest BCUT2D eigenvalue weighted by Gasteiger charge is -2.20. The molecule has 19 heavy (non-hydrogen) atoms. The number of likely N-dealkylation sites (tertiary alicyclic amines) is 1. The number of nitrogens with zero attached hydrogens (tertiary/aromatic N) is 1. The normalized spacial score (nSPS) is 19.9. The summed E-state index contributed by atoms with van der Waals surface area (Å²) in [7, 11) is 1.28. The van der Waals surface area contributed by atoms with Gasteiger partial charge in [-0.15, -0.1) is 0 Å². The fourth-order valence-electron chi connectivity index (χ4n) is 1.93. The molecule has 1 aliphatic rings. The van der Waals surface area contributed by atoms with Gasteiger partial charge < -0.3 is 25.2 Å². The van der Waals surface area contributed by atoms with Crippen LogP contribution in [0.3, 0.4) is 0 Å². The molecule has 1 fully saturated rings. The molecule has 1 unspecified atom stereocenters. The summed E-state index contributed by atoms with van der Waals surface area (Å²) in [5.74, 6) is -1.94. The minimum Gasteiger partial charge on any atom is -0.480 e. The first kappa shape index (κ1) is 15.2. The molecule has 8 nitrogen and oxygen atoms in total. The summed E-state index contributed by atoms with van der Waals surface area (Å²) in [6.45, 7) is 0.253. The van der Waals surface area contributed by atoms with Crippen molar-refractivity contribution in [2.24, 2.45) is 5.92 Å². The number of ether oxygens (including phenoxy) is 1. The van der Waals surface area contributed by atoms with Crippen LogP contribution in [0.5, 0.6) is 0 Å². The maximum atomic E-state index is 11.8. The molecule has 1 rings (SSSR count). The lowest BCUT2D eigenvalue weighted by molar-refractivity contribution is -0.145. The molecule has 108 valence electrons. The van der Waals surface area contributed by atoms with Crippen molar-refractivity contribution in [3.63, 3.8) is 0 Å². The van der Waals surface area contributed by atoms with E-state index in [1.54, 1.807) is 0 Å². The van der Waals surface area contributed by atoms with E-state index in [1.807, 2.05) is 0 Å². The number of rotatable bonds is 5. The Labute approximate surface area is 110 Å². The van der Waals surface area contributed by atoms with E-state index >= 15 is 0 Å². The fraction of sp³-hybridized carbons (Fsp3) is 0.727. The summed E-state index contributed by atoms with van der Waals surface area (Å²) in [5, 5.41) is 19.9. The van der Waals surface area contributed by atoms with Crippen LogP contribution in [0, 0.1) is 5.92 Å². The number of hydrogen-bond donors (Lipinski definition) is 3. The highest BCUT2D eigenvalue weighted by molar-refractivity contribution is 5.83. The summed E-state index contributed by atoms with van der Waals surface area (Å²) >= 11 is 0. The first-order chi connectivity index (χ1) is 8.99. The van der Waals surface area contributed by atoms with Crippen molar-refractivity contribution >= 4 is 18.0 Å². The topological polar surface area (TPSA) is 116 Å². The molecule has 2 amide bonds. The Hall–Kier alpha value is -1.83. The van der Waals surface area contributed by atoms with Gasteiger partial charge in [-0.05, 0) is 6.42 Å². The standard InChI is InChI=1S/C11H18N2O6/c1-19-10(17)7-2-4-13(6-7)11(18)12-8(3-5-14)9(15)16/h7-8,14H,2-6H2,1H3,(H,12,18)(H,15,16)/t7?,8-/m1/s1. The molecular weight excluding hydrogens is 256 g/mol. The van der Waals surface area contributed by atoms with Crippen molar-refractivity contribution in [2.45, 2.75) is 18.9 Å². The predicted molar refractivity (Wildman–Crippen MR) is 63.4 cm³/mol. The number of urea groups is 1. The molecule has 2 atom stereocenters. The maximum Gasteiger partial charge on any atom is 0.326 e. The highest BCUT2D eigenvalue weighted by Crippen LogP contribution is 2.17. The summed E-state index contributed by atoms with van der Waals surface area (Å²) in [5.41, 5.74) is 0. The number of aliphatic hydroxyl groups is 1.